The third-order valence-electron chi connectivity index (χ3n) is 3.64. The molecule has 1 aliphatic rings. The molecule has 19 heavy (non-hydrogen) atoms. The Bertz CT molecular complexity index is 909. The van der Waals surface area contributed by atoms with E-state index in [0.29, 0.717) is 21.5 Å². The number of carbonyl (C=O) groups is 2. The number of halogens is 1. The summed E-state index contributed by atoms with van der Waals surface area (Å²) in [5.41, 5.74) is 0.848. The Morgan fingerprint density at radius 2 is 1.53 bits per heavy atom. The molecule has 0 aliphatic heterocycles. The van der Waals surface area contributed by atoms with Crippen molar-refractivity contribution in [3.05, 3.63) is 58.6 Å². The van der Waals surface area contributed by atoms with Gasteiger partial charge in [0.15, 0.2) is 0 Å². The predicted octanol–water partition coefficient (Wildman–Crippen LogP) is 4.03. The van der Waals surface area contributed by atoms with Crippen LogP contribution in [-0.2, 0) is 0 Å². The Hall–Kier alpha value is -2.19. The van der Waals surface area contributed by atoms with Crippen LogP contribution < -0.4 is 0 Å². The van der Waals surface area contributed by atoms with Gasteiger partial charge in [-0.1, -0.05) is 41.9 Å². The van der Waals surface area contributed by atoms with Gasteiger partial charge in [-0.05, 0) is 28.3 Å². The molecule has 0 saturated heterocycles. The van der Waals surface area contributed by atoms with Crippen molar-refractivity contribution in [2.45, 2.75) is 0 Å². The van der Waals surface area contributed by atoms with Crippen LogP contribution in [0.5, 0.6) is 0 Å². The van der Waals surface area contributed by atoms with Crippen molar-refractivity contribution in [2.75, 3.05) is 0 Å². The minimum Gasteiger partial charge on any atom is -0.285 e. The summed E-state index contributed by atoms with van der Waals surface area (Å²) < 4.78 is 0. The van der Waals surface area contributed by atoms with E-state index >= 15 is 0 Å². The van der Waals surface area contributed by atoms with Gasteiger partial charge in [-0.3, -0.25) is 9.59 Å². The van der Waals surface area contributed by atoms with Crippen LogP contribution in [0.2, 0.25) is 5.02 Å². The highest BCUT2D eigenvalue weighted by Gasteiger charge is 2.34. The molecule has 0 aromatic heterocycles. The molecule has 1 aliphatic carbocycles. The topological polar surface area (TPSA) is 34.1 Å². The quantitative estimate of drug-likeness (QED) is 0.455. The lowest BCUT2D eigenvalue weighted by atomic mass is 9.98. The van der Waals surface area contributed by atoms with E-state index in [1.165, 1.54) is 0 Å². The van der Waals surface area contributed by atoms with E-state index in [2.05, 4.69) is 0 Å². The number of fused-ring (bicyclic) bond motifs is 2. The Morgan fingerprint density at radius 3 is 2.37 bits per heavy atom. The third-order valence-corrected chi connectivity index (χ3v) is 3.95. The van der Waals surface area contributed by atoms with Gasteiger partial charge in [0.25, 0.3) is 0 Å². The molecule has 0 bridgehead atoms. The first-order chi connectivity index (χ1) is 9.18. The Labute approximate surface area is 113 Å². The molecule has 2 nitrogen and oxygen atoms in total. The van der Waals surface area contributed by atoms with E-state index in [9.17, 15) is 9.59 Å². The normalized spacial score (nSPS) is 13.7. The van der Waals surface area contributed by atoms with Crippen molar-refractivity contribution >= 4 is 44.7 Å². The second-order valence-corrected chi connectivity index (χ2v) is 5.06. The second kappa shape index (κ2) is 3.43. The maximum atomic E-state index is 12.2. The maximum absolute atomic E-state index is 12.2. The SMILES string of the molecule is O=C1C(=O)c2c3ccccc3cc3ccc(Cl)c1c23. The molecular formula is C16H7ClO2. The molecule has 3 heteroatoms. The summed E-state index contributed by atoms with van der Waals surface area (Å²) in [5.74, 6) is -0.952. The van der Waals surface area contributed by atoms with E-state index < -0.39 is 11.6 Å². The molecule has 0 saturated carbocycles. The lowest BCUT2D eigenvalue weighted by Crippen LogP contribution is -2.07. The van der Waals surface area contributed by atoms with Crippen molar-refractivity contribution in [2.24, 2.45) is 0 Å². The number of rotatable bonds is 0. The molecule has 0 fully saturated rings. The van der Waals surface area contributed by atoms with Gasteiger partial charge in [0.2, 0.25) is 11.6 Å². The number of ketones is 2. The summed E-state index contributed by atoms with van der Waals surface area (Å²) in [6, 6.07) is 13.1. The molecule has 0 heterocycles. The standard InChI is InChI=1S/C16H7ClO2/c17-11-6-5-9-7-8-3-1-2-4-10(8)13-12(9)14(11)16(19)15(13)18/h1-7H. The number of Topliss-reactive ketones (excluding diaryl/α,β-unsaturated/α-hetero) is 2. The molecule has 0 N–H and O–H groups in total. The first kappa shape index (κ1) is 10.7. The largest absolute Gasteiger partial charge is 0.285 e. The van der Waals surface area contributed by atoms with Gasteiger partial charge in [0.05, 0.1) is 10.6 Å². The van der Waals surface area contributed by atoms with Gasteiger partial charge in [-0.2, -0.15) is 0 Å². The molecule has 0 amide bonds. The van der Waals surface area contributed by atoms with Gasteiger partial charge >= 0.3 is 0 Å². The zero-order valence-electron chi connectivity index (χ0n) is 9.74. The van der Waals surface area contributed by atoms with Gasteiger partial charge in [-0.25, -0.2) is 0 Å². The summed E-state index contributed by atoms with van der Waals surface area (Å²) >= 11 is 6.07. The van der Waals surface area contributed by atoms with Crippen molar-refractivity contribution < 1.29 is 9.59 Å². The van der Waals surface area contributed by atoms with Crippen LogP contribution in [0.15, 0.2) is 42.5 Å². The summed E-state index contributed by atoms with van der Waals surface area (Å²) in [4.78, 5) is 24.3. The van der Waals surface area contributed by atoms with E-state index in [4.69, 9.17) is 11.6 Å². The van der Waals surface area contributed by atoms with Gasteiger partial charge in [-0.15, -0.1) is 0 Å². The average molecular weight is 267 g/mol. The Balaban J connectivity index is 2.38. The summed E-state index contributed by atoms with van der Waals surface area (Å²) in [6.45, 7) is 0. The Kier molecular flexibility index (Phi) is 1.93. The molecule has 3 aromatic carbocycles. The second-order valence-electron chi connectivity index (χ2n) is 4.65. The molecule has 90 valence electrons. The smallest absolute Gasteiger partial charge is 0.235 e. The first-order valence-corrected chi connectivity index (χ1v) is 6.29. The van der Waals surface area contributed by atoms with Crippen LogP contribution in [0.25, 0.3) is 21.5 Å². The van der Waals surface area contributed by atoms with E-state index in [1.807, 2.05) is 36.4 Å². The van der Waals surface area contributed by atoms with Crippen LogP contribution in [0, 0.1) is 0 Å². The van der Waals surface area contributed by atoms with Gasteiger partial charge in [0.1, 0.15) is 0 Å². The van der Waals surface area contributed by atoms with Crippen LogP contribution in [0.1, 0.15) is 20.7 Å². The maximum Gasteiger partial charge on any atom is 0.235 e. The van der Waals surface area contributed by atoms with Crippen LogP contribution in [0.4, 0.5) is 0 Å². The molecule has 0 radical (unpaired) electrons. The zero-order chi connectivity index (χ0) is 13.1. The van der Waals surface area contributed by atoms with Crippen LogP contribution in [-0.4, -0.2) is 11.6 Å². The third kappa shape index (κ3) is 1.22. The van der Waals surface area contributed by atoms with E-state index in [1.54, 1.807) is 6.07 Å². The van der Waals surface area contributed by atoms with Crippen molar-refractivity contribution in [1.82, 2.24) is 0 Å². The first-order valence-electron chi connectivity index (χ1n) is 5.91. The van der Waals surface area contributed by atoms with Crippen LogP contribution >= 0.6 is 11.6 Å². The number of benzene rings is 3. The minimum absolute atomic E-state index is 0.347. The molecular weight excluding hydrogens is 260 g/mol. The van der Waals surface area contributed by atoms with Gasteiger partial charge in [0, 0.05) is 10.9 Å². The highest BCUT2D eigenvalue weighted by atomic mass is 35.5. The average Bonchev–Trinajstić information content (AvgIpc) is 2.69. The number of carbonyl (C=O) groups excluding carboxylic acids is 2. The summed E-state index contributed by atoms with van der Waals surface area (Å²) in [7, 11) is 0. The van der Waals surface area contributed by atoms with Crippen molar-refractivity contribution in [3.63, 3.8) is 0 Å². The highest BCUT2D eigenvalue weighted by molar-refractivity contribution is 6.61. The van der Waals surface area contributed by atoms with E-state index in [0.717, 1.165) is 16.2 Å². The summed E-state index contributed by atoms with van der Waals surface area (Å²) in [5, 5.41) is 3.70. The molecule has 4 rings (SSSR count). The van der Waals surface area contributed by atoms with Crippen LogP contribution in [0.3, 0.4) is 0 Å². The monoisotopic (exact) mass is 266 g/mol. The lowest BCUT2D eigenvalue weighted by molar-refractivity contribution is 0.0826. The highest BCUT2D eigenvalue weighted by Crippen LogP contribution is 2.39. The fraction of sp³-hybridized carbons (Fsp3) is 0. The minimum atomic E-state index is -0.498. The number of hydrogen-bond donors (Lipinski definition) is 0. The number of hydrogen-bond acceptors (Lipinski definition) is 2. The van der Waals surface area contributed by atoms with Crippen molar-refractivity contribution in [1.29, 1.82) is 0 Å². The summed E-state index contributed by atoms with van der Waals surface area (Å²) in [6.07, 6.45) is 0. The lowest BCUT2D eigenvalue weighted by Gasteiger charge is -2.05. The fourth-order valence-corrected chi connectivity index (χ4v) is 3.06. The van der Waals surface area contributed by atoms with Gasteiger partial charge < -0.3 is 0 Å². The predicted molar refractivity (Wildman–Crippen MR) is 75.1 cm³/mol. The Morgan fingerprint density at radius 1 is 0.789 bits per heavy atom. The molecule has 3 aromatic rings. The molecule has 0 unspecified atom stereocenters. The van der Waals surface area contributed by atoms with Crippen molar-refractivity contribution in [3.8, 4) is 0 Å². The fourth-order valence-electron chi connectivity index (χ4n) is 2.82. The van der Waals surface area contributed by atoms with E-state index in [-0.39, 0.29) is 0 Å². The molecule has 0 spiro atoms. The zero-order valence-corrected chi connectivity index (χ0v) is 10.5. The molecule has 0 atom stereocenters.